The zero-order chi connectivity index (χ0) is 18.4. The van der Waals surface area contributed by atoms with E-state index >= 15 is 0 Å². The van der Waals surface area contributed by atoms with Gasteiger partial charge in [0.15, 0.2) is 0 Å². The fourth-order valence-corrected chi connectivity index (χ4v) is 2.91. The number of amides is 1. The van der Waals surface area contributed by atoms with Crippen LogP contribution in [0.15, 0.2) is 53.4 Å². The molecule has 0 saturated heterocycles. The number of sulfonamides is 1. The summed E-state index contributed by atoms with van der Waals surface area (Å²) in [4.78, 5) is 12.1. The maximum Gasteiger partial charge on any atom is 0.243 e. The van der Waals surface area contributed by atoms with Gasteiger partial charge >= 0.3 is 0 Å². The van der Waals surface area contributed by atoms with Crippen LogP contribution in [0.3, 0.4) is 0 Å². The van der Waals surface area contributed by atoms with Crippen LogP contribution in [0.5, 0.6) is 0 Å². The maximum absolute atomic E-state index is 12.0. The number of hydrogen-bond donors (Lipinski definition) is 2. The number of anilines is 2. The van der Waals surface area contributed by atoms with Crippen LogP contribution >= 0.6 is 0 Å². The third kappa shape index (κ3) is 4.79. The Labute approximate surface area is 146 Å². The highest BCUT2D eigenvalue weighted by molar-refractivity contribution is 7.89. The summed E-state index contributed by atoms with van der Waals surface area (Å²) in [5.41, 5.74) is 1.63. The van der Waals surface area contributed by atoms with Crippen LogP contribution in [0.2, 0.25) is 0 Å². The van der Waals surface area contributed by atoms with Crippen LogP contribution in [0.25, 0.3) is 0 Å². The second-order valence-electron chi connectivity index (χ2n) is 5.41. The topological polar surface area (TPSA) is 102 Å². The van der Waals surface area contributed by atoms with Crippen LogP contribution in [-0.2, 0) is 14.8 Å². The van der Waals surface area contributed by atoms with Gasteiger partial charge in [0.05, 0.1) is 23.1 Å². The Morgan fingerprint density at radius 2 is 1.80 bits per heavy atom. The summed E-state index contributed by atoms with van der Waals surface area (Å²) in [6.07, 6.45) is 0. The minimum absolute atomic E-state index is 0.0105. The molecule has 2 aromatic rings. The number of rotatable bonds is 6. The second-order valence-corrected chi connectivity index (χ2v) is 7.56. The quantitative estimate of drug-likeness (QED) is 0.820. The highest BCUT2D eigenvalue weighted by Gasteiger charge is 2.16. The third-order valence-corrected chi connectivity index (χ3v) is 5.19. The van der Waals surface area contributed by atoms with Gasteiger partial charge in [-0.2, -0.15) is 5.26 Å². The Morgan fingerprint density at radius 1 is 1.12 bits per heavy atom. The van der Waals surface area contributed by atoms with Crippen molar-refractivity contribution in [1.82, 2.24) is 4.31 Å². The Hall–Kier alpha value is -2.89. The van der Waals surface area contributed by atoms with Crippen molar-refractivity contribution in [2.45, 2.75) is 4.90 Å². The highest BCUT2D eigenvalue weighted by Crippen LogP contribution is 2.16. The lowest BCUT2D eigenvalue weighted by Gasteiger charge is -2.12. The molecule has 0 heterocycles. The predicted molar refractivity (Wildman–Crippen MR) is 95.6 cm³/mol. The lowest BCUT2D eigenvalue weighted by atomic mass is 10.2. The first-order valence-electron chi connectivity index (χ1n) is 7.39. The molecule has 0 unspecified atom stereocenters. The van der Waals surface area contributed by atoms with Gasteiger partial charge in [-0.15, -0.1) is 0 Å². The SMILES string of the molecule is CN(C)S(=O)(=O)c1ccc(NCC(=O)Nc2cccc(C#N)c2)cc1. The van der Waals surface area contributed by atoms with Crippen LogP contribution < -0.4 is 10.6 Å². The van der Waals surface area contributed by atoms with Gasteiger partial charge in [-0.1, -0.05) is 6.07 Å². The average molecular weight is 358 g/mol. The molecule has 0 bridgehead atoms. The van der Waals surface area contributed by atoms with Crippen molar-refractivity contribution in [3.8, 4) is 6.07 Å². The molecule has 0 aliphatic heterocycles. The van der Waals surface area contributed by atoms with E-state index in [1.165, 1.54) is 26.2 Å². The van der Waals surface area contributed by atoms with Crippen molar-refractivity contribution in [2.24, 2.45) is 0 Å². The highest BCUT2D eigenvalue weighted by atomic mass is 32.2. The van der Waals surface area contributed by atoms with Crippen molar-refractivity contribution in [2.75, 3.05) is 31.3 Å². The fraction of sp³-hybridized carbons (Fsp3) is 0.176. The van der Waals surface area contributed by atoms with Crippen molar-refractivity contribution >= 4 is 27.3 Å². The van der Waals surface area contributed by atoms with Crippen molar-refractivity contribution < 1.29 is 13.2 Å². The molecule has 0 radical (unpaired) electrons. The number of hydrogen-bond acceptors (Lipinski definition) is 5. The first-order chi connectivity index (χ1) is 11.8. The molecule has 1 amide bonds. The summed E-state index contributed by atoms with van der Waals surface area (Å²) in [5.74, 6) is -0.278. The van der Waals surface area contributed by atoms with E-state index in [0.717, 1.165) is 4.31 Å². The Balaban J connectivity index is 1.95. The van der Waals surface area contributed by atoms with E-state index in [2.05, 4.69) is 10.6 Å². The Kier molecular flexibility index (Phi) is 5.75. The van der Waals surface area contributed by atoms with Gasteiger partial charge in [0.2, 0.25) is 15.9 Å². The van der Waals surface area contributed by atoms with Gasteiger partial charge in [-0.3, -0.25) is 4.79 Å². The molecule has 0 spiro atoms. The van der Waals surface area contributed by atoms with Crippen LogP contribution in [0.1, 0.15) is 5.56 Å². The zero-order valence-electron chi connectivity index (χ0n) is 13.9. The van der Waals surface area contributed by atoms with E-state index in [4.69, 9.17) is 5.26 Å². The molecule has 25 heavy (non-hydrogen) atoms. The molecular formula is C17H18N4O3S. The van der Waals surface area contributed by atoms with Gasteiger partial charge in [0, 0.05) is 25.5 Å². The monoisotopic (exact) mass is 358 g/mol. The summed E-state index contributed by atoms with van der Waals surface area (Å²) in [5, 5.41) is 14.4. The molecule has 0 aromatic heterocycles. The van der Waals surface area contributed by atoms with Crippen LogP contribution in [0.4, 0.5) is 11.4 Å². The number of benzene rings is 2. The maximum atomic E-state index is 12.0. The third-order valence-electron chi connectivity index (χ3n) is 3.36. The molecule has 0 atom stereocenters. The Bertz CT molecular complexity index is 900. The minimum Gasteiger partial charge on any atom is -0.376 e. The van der Waals surface area contributed by atoms with Gasteiger partial charge in [0.1, 0.15) is 0 Å². The number of carbonyl (C=O) groups excluding carboxylic acids is 1. The van der Waals surface area contributed by atoms with E-state index in [9.17, 15) is 13.2 Å². The van der Waals surface area contributed by atoms with Crippen molar-refractivity contribution in [3.63, 3.8) is 0 Å². The van der Waals surface area contributed by atoms with E-state index < -0.39 is 10.0 Å². The summed E-state index contributed by atoms with van der Waals surface area (Å²) >= 11 is 0. The van der Waals surface area contributed by atoms with E-state index in [1.54, 1.807) is 36.4 Å². The van der Waals surface area contributed by atoms with E-state index in [-0.39, 0.29) is 17.3 Å². The number of carbonyl (C=O) groups is 1. The van der Waals surface area contributed by atoms with Gasteiger partial charge in [-0.05, 0) is 42.5 Å². The minimum atomic E-state index is -3.47. The van der Waals surface area contributed by atoms with Crippen molar-refractivity contribution in [3.05, 3.63) is 54.1 Å². The molecule has 2 rings (SSSR count). The van der Waals surface area contributed by atoms with Crippen LogP contribution in [-0.4, -0.2) is 39.3 Å². The first-order valence-corrected chi connectivity index (χ1v) is 8.83. The molecule has 2 aromatic carbocycles. The summed E-state index contributed by atoms with van der Waals surface area (Å²) in [7, 11) is -0.542. The average Bonchev–Trinajstić information content (AvgIpc) is 2.60. The zero-order valence-corrected chi connectivity index (χ0v) is 14.7. The van der Waals surface area contributed by atoms with Crippen LogP contribution in [0, 0.1) is 11.3 Å². The fourth-order valence-electron chi connectivity index (χ4n) is 2.01. The summed E-state index contributed by atoms with van der Waals surface area (Å²) in [6, 6.07) is 14.8. The van der Waals surface area contributed by atoms with Gasteiger partial charge in [0.25, 0.3) is 0 Å². The molecule has 0 aliphatic carbocycles. The molecule has 2 N–H and O–H groups in total. The standard InChI is InChI=1S/C17H18N4O3S/c1-21(2)25(23,24)16-8-6-14(7-9-16)19-12-17(22)20-15-5-3-4-13(10-15)11-18/h3-10,19H,12H2,1-2H3,(H,20,22). The molecule has 0 aliphatic rings. The second kappa shape index (κ2) is 7.79. The van der Waals surface area contributed by atoms with E-state index in [1.807, 2.05) is 6.07 Å². The number of nitrogens with zero attached hydrogens (tertiary/aromatic N) is 2. The van der Waals surface area contributed by atoms with Gasteiger partial charge in [-0.25, -0.2) is 12.7 Å². The smallest absolute Gasteiger partial charge is 0.243 e. The first kappa shape index (κ1) is 18.4. The van der Waals surface area contributed by atoms with E-state index in [0.29, 0.717) is 16.9 Å². The number of nitrogens with one attached hydrogen (secondary N) is 2. The molecular weight excluding hydrogens is 340 g/mol. The van der Waals surface area contributed by atoms with Crippen molar-refractivity contribution in [1.29, 1.82) is 5.26 Å². The molecule has 7 nitrogen and oxygen atoms in total. The summed E-state index contributed by atoms with van der Waals surface area (Å²) in [6.45, 7) is 0.0105. The molecule has 0 saturated carbocycles. The molecule has 8 heteroatoms. The summed E-state index contributed by atoms with van der Waals surface area (Å²) < 4.78 is 25.1. The normalized spacial score (nSPS) is 11.0. The van der Waals surface area contributed by atoms with Gasteiger partial charge < -0.3 is 10.6 Å². The lowest BCUT2D eigenvalue weighted by Crippen LogP contribution is -2.23. The predicted octanol–water partition coefficient (Wildman–Crippen LogP) is 1.86. The number of nitriles is 1. The molecule has 0 fully saturated rings. The lowest BCUT2D eigenvalue weighted by molar-refractivity contribution is -0.114. The largest absolute Gasteiger partial charge is 0.376 e. The molecule has 130 valence electrons. The Morgan fingerprint density at radius 3 is 2.40 bits per heavy atom.